The first-order valence-corrected chi connectivity index (χ1v) is 14.5. The van der Waals surface area contributed by atoms with E-state index in [0.717, 1.165) is 44.9 Å². The predicted molar refractivity (Wildman–Crippen MR) is 175 cm³/mol. The third-order valence-electron chi connectivity index (χ3n) is 7.65. The predicted octanol–water partition coefficient (Wildman–Crippen LogP) is 10.1. The van der Waals surface area contributed by atoms with E-state index in [9.17, 15) is 0 Å². The molecule has 0 saturated carbocycles. The highest BCUT2D eigenvalue weighted by Gasteiger charge is 2.16. The summed E-state index contributed by atoms with van der Waals surface area (Å²) < 4.78 is 8.01. The molecule has 0 bridgehead atoms. The second-order valence-electron chi connectivity index (χ2n) is 12.9. The minimum absolute atomic E-state index is 0.0930. The van der Waals surface area contributed by atoms with Gasteiger partial charge in [0.25, 0.3) is 0 Å². The minimum atomic E-state index is 0.0930. The molecule has 4 heteroatoms. The highest BCUT2D eigenvalue weighted by molar-refractivity contribution is 5.76. The van der Waals surface area contributed by atoms with Gasteiger partial charge in [0.05, 0.1) is 17.1 Å². The number of benzene rings is 4. The molecule has 42 heavy (non-hydrogen) atoms. The molecule has 0 aliphatic carbocycles. The average Bonchev–Trinajstić information content (AvgIpc) is 3.60. The lowest BCUT2D eigenvalue weighted by molar-refractivity contribution is 0.590. The zero-order valence-corrected chi connectivity index (χ0v) is 25.2. The van der Waals surface area contributed by atoms with Crippen molar-refractivity contribution >= 4 is 23.3 Å². The first kappa shape index (κ1) is 27.5. The van der Waals surface area contributed by atoms with E-state index in [2.05, 4.69) is 125 Å². The van der Waals surface area contributed by atoms with Crippen LogP contribution in [0.4, 0.5) is 0 Å². The van der Waals surface area contributed by atoms with Gasteiger partial charge in [-0.15, -0.1) is 0 Å². The molecule has 0 amide bonds. The lowest BCUT2D eigenvalue weighted by Gasteiger charge is -2.19. The largest absolute Gasteiger partial charge is 0.436 e. The fraction of sp³-hybridized carbons (Fsp3) is 0.211. The van der Waals surface area contributed by atoms with Crippen LogP contribution in [0, 0.1) is 0 Å². The van der Waals surface area contributed by atoms with Crippen LogP contribution in [0.2, 0.25) is 0 Å². The van der Waals surface area contributed by atoms with Crippen LogP contribution >= 0.6 is 0 Å². The normalized spacial score (nSPS) is 12.4. The summed E-state index contributed by atoms with van der Waals surface area (Å²) in [5.74, 6) is 0.613. The molecule has 0 spiro atoms. The molecule has 4 nitrogen and oxygen atoms in total. The van der Waals surface area contributed by atoms with E-state index >= 15 is 0 Å². The molecule has 0 N–H and O–H groups in total. The van der Waals surface area contributed by atoms with E-state index < -0.39 is 0 Å². The summed E-state index contributed by atoms with van der Waals surface area (Å²) in [6.07, 6.45) is 4.21. The molecule has 6 rings (SSSR count). The number of para-hydroxylation sites is 2. The van der Waals surface area contributed by atoms with E-state index in [1.54, 1.807) is 0 Å². The molecular formula is C38H37N3O. The van der Waals surface area contributed by atoms with Gasteiger partial charge in [-0.3, -0.25) is 0 Å². The average molecular weight is 552 g/mol. The molecule has 2 aromatic heterocycles. The van der Waals surface area contributed by atoms with Crippen LogP contribution in [-0.4, -0.2) is 14.8 Å². The van der Waals surface area contributed by atoms with Gasteiger partial charge in [0.2, 0.25) is 5.89 Å². The van der Waals surface area contributed by atoms with Gasteiger partial charge in [0.15, 0.2) is 5.58 Å². The Morgan fingerprint density at radius 3 is 1.86 bits per heavy atom. The van der Waals surface area contributed by atoms with Crippen molar-refractivity contribution in [1.29, 1.82) is 0 Å². The summed E-state index contributed by atoms with van der Waals surface area (Å²) in [6, 6.07) is 35.8. The first-order valence-electron chi connectivity index (χ1n) is 14.5. The Morgan fingerprint density at radius 1 is 0.643 bits per heavy atom. The Morgan fingerprint density at radius 2 is 1.24 bits per heavy atom. The number of rotatable bonds is 5. The van der Waals surface area contributed by atoms with Crippen molar-refractivity contribution in [3.63, 3.8) is 0 Å². The standard InChI is InChI=1S/C38H37N3O/c1-37(2,3)29-18-11-26(12-19-29)13-22-31-25-34(27-14-20-30(21-15-27)38(4,5)6)41(40-31)32-23-16-28(17-24-32)36-39-33-9-7-8-10-35(33)42-36/h7-25H,1-6H3. The Bertz CT molecular complexity index is 1820. The van der Waals surface area contributed by atoms with E-state index in [0.29, 0.717) is 5.89 Å². The van der Waals surface area contributed by atoms with Gasteiger partial charge < -0.3 is 4.42 Å². The highest BCUT2D eigenvalue weighted by Crippen LogP contribution is 2.30. The Balaban J connectivity index is 1.35. The van der Waals surface area contributed by atoms with E-state index in [4.69, 9.17) is 9.52 Å². The summed E-state index contributed by atoms with van der Waals surface area (Å²) in [5.41, 5.74) is 10.6. The highest BCUT2D eigenvalue weighted by atomic mass is 16.3. The van der Waals surface area contributed by atoms with Crippen molar-refractivity contribution in [2.24, 2.45) is 0 Å². The number of nitrogens with zero attached hydrogens (tertiary/aromatic N) is 3. The van der Waals surface area contributed by atoms with Crippen LogP contribution in [0.25, 0.3) is 51.7 Å². The zero-order valence-electron chi connectivity index (χ0n) is 25.2. The van der Waals surface area contributed by atoms with Crippen molar-refractivity contribution in [3.8, 4) is 28.4 Å². The quantitative estimate of drug-likeness (QED) is 0.214. The molecule has 0 aliphatic rings. The van der Waals surface area contributed by atoms with Crippen molar-refractivity contribution in [2.45, 2.75) is 52.4 Å². The molecule has 2 heterocycles. The lowest BCUT2D eigenvalue weighted by atomic mass is 9.86. The van der Waals surface area contributed by atoms with Gasteiger partial charge in [-0.25, -0.2) is 9.67 Å². The van der Waals surface area contributed by atoms with Crippen molar-refractivity contribution in [3.05, 3.63) is 126 Å². The second-order valence-corrected chi connectivity index (χ2v) is 12.9. The number of hydrogen-bond acceptors (Lipinski definition) is 3. The fourth-order valence-electron chi connectivity index (χ4n) is 5.04. The summed E-state index contributed by atoms with van der Waals surface area (Å²) in [7, 11) is 0. The number of oxazole rings is 1. The van der Waals surface area contributed by atoms with E-state index in [1.807, 2.05) is 41.1 Å². The maximum absolute atomic E-state index is 5.99. The summed E-state index contributed by atoms with van der Waals surface area (Å²) in [5, 5.41) is 5.03. The Labute approximate surface area is 248 Å². The summed E-state index contributed by atoms with van der Waals surface area (Å²) in [6.45, 7) is 13.4. The molecule has 0 atom stereocenters. The van der Waals surface area contributed by atoms with Crippen LogP contribution in [0.5, 0.6) is 0 Å². The SMILES string of the molecule is CC(C)(C)c1ccc(C=Cc2cc(-c3ccc(C(C)(C)C)cc3)n(-c3ccc(-c4nc5ccccc5o4)cc3)n2)cc1. The van der Waals surface area contributed by atoms with Crippen molar-refractivity contribution in [1.82, 2.24) is 14.8 Å². The van der Waals surface area contributed by atoms with Gasteiger partial charge >= 0.3 is 0 Å². The van der Waals surface area contributed by atoms with Gasteiger partial charge in [-0.05, 0) is 76.1 Å². The Hall–Kier alpha value is -4.70. The molecule has 0 fully saturated rings. The third-order valence-corrected chi connectivity index (χ3v) is 7.65. The molecule has 0 unspecified atom stereocenters. The summed E-state index contributed by atoms with van der Waals surface area (Å²) >= 11 is 0. The van der Waals surface area contributed by atoms with Gasteiger partial charge in [-0.2, -0.15) is 5.10 Å². The second kappa shape index (κ2) is 10.6. The molecule has 0 saturated heterocycles. The van der Waals surface area contributed by atoms with Gasteiger partial charge in [-0.1, -0.05) is 108 Å². The van der Waals surface area contributed by atoms with Crippen molar-refractivity contribution in [2.75, 3.05) is 0 Å². The zero-order chi connectivity index (χ0) is 29.5. The monoisotopic (exact) mass is 551 g/mol. The van der Waals surface area contributed by atoms with Crippen LogP contribution < -0.4 is 0 Å². The molecule has 210 valence electrons. The molecule has 0 radical (unpaired) electrons. The topological polar surface area (TPSA) is 43.9 Å². The van der Waals surface area contributed by atoms with Gasteiger partial charge in [0.1, 0.15) is 5.52 Å². The molecule has 4 aromatic carbocycles. The number of fused-ring (bicyclic) bond motifs is 1. The summed E-state index contributed by atoms with van der Waals surface area (Å²) in [4.78, 5) is 4.66. The molecular weight excluding hydrogens is 514 g/mol. The minimum Gasteiger partial charge on any atom is -0.436 e. The van der Waals surface area contributed by atoms with Crippen molar-refractivity contribution < 1.29 is 4.42 Å². The Kier molecular flexibility index (Phi) is 6.94. The van der Waals surface area contributed by atoms with Crippen LogP contribution in [-0.2, 0) is 10.8 Å². The van der Waals surface area contributed by atoms with E-state index in [1.165, 1.54) is 11.1 Å². The van der Waals surface area contributed by atoms with Crippen LogP contribution in [0.1, 0.15) is 63.9 Å². The molecule has 0 aliphatic heterocycles. The number of aromatic nitrogens is 3. The molecule has 6 aromatic rings. The smallest absolute Gasteiger partial charge is 0.227 e. The van der Waals surface area contributed by atoms with E-state index in [-0.39, 0.29) is 10.8 Å². The van der Waals surface area contributed by atoms with Crippen LogP contribution in [0.15, 0.2) is 108 Å². The first-order chi connectivity index (χ1) is 20.0. The third kappa shape index (κ3) is 5.71. The maximum Gasteiger partial charge on any atom is 0.227 e. The lowest BCUT2D eigenvalue weighted by Crippen LogP contribution is -2.10. The maximum atomic E-state index is 5.99. The number of hydrogen-bond donors (Lipinski definition) is 0. The van der Waals surface area contributed by atoms with Gasteiger partial charge in [0, 0.05) is 11.1 Å². The fourth-order valence-corrected chi connectivity index (χ4v) is 5.04. The van der Waals surface area contributed by atoms with Crippen LogP contribution in [0.3, 0.4) is 0 Å².